The third-order valence-electron chi connectivity index (χ3n) is 4.02. The van der Waals surface area contributed by atoms with Gasteiger partial charge < -0.3 is 5.32 Å². The molecule has 0 aliphatic carbocycles. The van der Waals surface area contributed by atoms with Gasteiger partial charge in [-0.3, -0.25) is 9.10 Å². The van der Waals surface area contributed by atoms with Crippen LogP contribution in [0.25, 0.3) is 0 Å². The second kappa shape index (κ2) is 7.86. The zero-order valence-electron chi connectivity index (χ0n) is 15.2. The first kappa shape index (κ1) is 19.9. The fraction of sp³-hybridized carbons (Fsp3) is 0.316. The van der Waals surface area contributed by atoms with Gasteiger partial charge in [0, 0.05) is 5.69 Å². The first-order valence-corrected chi connectivity index (χ1v) is 10.1. The van der Waals surface area contributed by atoms with E-state index in [9.17, 15) is 17.6 Å². The number of nitrogens with zero attached hydrogens (tertiary/aromatic N) is 1. The number of para-hydroxylation sites is 1. The quantitative estimate of drug-likeness (QED) is 0.833. The second-order valence-electron chi connectivity index (χ2n) is 6.45. The van der Waals surface area contributed by atoms with Crippen LogP contribution in [0, 0.1) is 5.82 Å². The molecule has 0 bridgehead atoms. The Morgan fingerprint density at radius 2 is 1.62 bits per heavy atom. The molecule has 2 aromatic rings. The highest BCUT2D eigenvalue weighted by atomic mass is 32.2. The Balaban J connectivity index is 2.27. The van der Waals surface area contributed by atoms with Crippen LogP contribution in [0.4, 0.5) is 15.8 Å². The standard InChI is InChI=1S/C19H23FN2O3S/c1-13(2)15-9-11-16(12-10-15)21-19(23)14(3)22(26(4,24)25)18-8-6-5-7-17(18)20/h5-14H,1-4H3,(H,21,23). The normalized spacial score (nSPS) is 12.7. The molecule has 1 atom stereocenters. The Morgan fingerprint density at radius 3 is 2.12 bits per heavy atom. The lowest BCUT2D eigenvalue weighted by Gasteiger charge is -2.28. The van der Waals surface area contributed by atoms with Crippen LogP contribution >= 0.6 is 0 Å². The highest BCUT2D eigenvalue weighted by Gasteiger charge is 2.30. The molecule has 0 heterocycles. The van der Waals surface area contributed by atoms with Crippen molar-refractivity contribution in [1.82, 2.24) is 0 Å². The van der Waals surface area contributed by atoms with Gasteiger partial charge in [-0.25, -0.2) is 12.8 Å². The van der Waals surface area contributed by atoms with Gasteiger partial charge in [-0.1, -0.05) is 38.1 Å². The van der Waals surface area contributed by atoms with Crippen molar-refractivity contribution in [2.45, 2.75) is 32.7 Å². The van der Waals surface area contributed by atoms with Crippen LogP contribution < -0.4 is 9.62 Å². The third-order valence-corrected chi connectivity index (χ3v) is 5.25. The van der Waals surface area contributed by atoms with Crippen molar-refractivity contribution >= 4 is 27.3 Å². The van der Waals surface area contributed by atoms with Crippen LogP contribution in [-0.4, -0.2) is 26.6 Å². The zero-order valence-corrected chi connectivity index (χ0v) is 16.0. The van der Waals surface area contributed by atoms with Crippen molar-refractivity contribution in [1.29, 1.82) is 0 Å². The predicted octanol–water partition coefficient (Wildman–Crippen LogP) is 3.74. The monoisotopic (exact) mass is 378 g/mol. The lowest BCUT2D eigenvalue weighted by molar-refractivity contribution is -0.116. The molecule has 1 unspecified atom stereocenters. The molecule has 26 heavy (non-hydrogen) atoms. The number of anilines is 2. The molecule has 0 aliphatic rings. The maximum Gasteiger partial charge on any atom is 0.247 e. The van der Waals surface area contributed by atoms with E-state index in [0.29, 0.717) is 11.6 Å². The van der Waals surface area contributed by atoms with Crippen LogP contribution in [0.2, 0.25) is 0 Å². The number of carbonyl (C=O) groups excluding carboxylic acids is 1. The molecule has 2 rings (SSSR count). The number of carbonyl (C=O) groups is 1. The molecule has 0 saturated heterocycles. The van der Waals surface area contributed by atoms with Crippen LogP contribution in [0.3, 0.4) is 0 Å². The number of hydrogen-bond acceptors (Lipinski definition) is 3. The minimum atomic E-state index is -3.86. The summed E-state index contributed by atoms with van der Waals surface area (Å²) in [6.07, 6.45) is 0.945. The Labute approximate surface area is 153 Å². The van der Waals surface area contributed by atoms with Crippen LogP contribution in [0.5, 0.6) is 0 Å². The van der Waals surface area contributed by atoms with Gasteiger partial charge in [-0.05, 0) is 42.7 Å². The lowest BCUT2D eigenvalue weighted by atomic mass is 10.0. The van der Waals surface area contributed by atoms with E-state index in [1.54, 1.807) is 12.1 Å². The number of benzene rings is 2. The largest absolute Gasteiger partial charge is 0.324 e. The summed E-state index contributed by atoms with van der Waals surface area (Å²) >= 11 is 0. The van der Waals surface area contributed by atoms with E-state index < -0.39 is 27.8 Å². The highest BCUT2D eigenvalue weighted by Crippen LogP contribution is 2.25. The average molecular weight is 378 g/mol. The number of hydrogen-bond donors (Lipinski definition) is 1. The summed E-state index contributed by atoms with van der Waals surface area (Å²) in [4.78, 5) is 12.6. The van der Waals surface area contributed by atoms with Gasteiger partial charge in [0.05, 0.1) is 11.9 Å². The van der Waals surface area contributed by atoms with E-state index >= 15 is 0 Å². The van der Waals surface area contributed by atoms with Crippen molar-refractivity contribution in [2.24, 2.45) is 0 Å². The molecule has 0 spiro atoms. The average Bonchev–Trinajstić information content (AvgIpc) is 2.56. The summed E-state index contributed by atoms with van der Waals surface area (Å²) in [5.74, 6) is -0.893. The first-order chi connectivity index (χ1) is 12.1. The fourth-order valence-electron chi connectivity index (χ4n) is 2.61. The molecule has 0 saturated carbocycles. The summed E-state index contributed by atoms with van der Waals surface area (Å²) in [6.45, 7) is 5.55. The highest BCUT2D eigenvalue weighted by molar-refractivity contribution is 7.92. The van der Waals surface area contributed by atoms with Gasteiger partial charge in [0.25, 0.3) is 0 Å². The molecule has 7 heteroatoms. The molecule has 140 valence electrons. The van der Waals surface area contributed by atoms with Crippen molar-refractivity contribution < 1.29 is 17.6 Å². The van der Waals surface area contributed by atoms with Crippen molar-refractivity contribution in [3.05, 3.63) is 59.9 Å². The molecular weight excluding hydrogens is 355 g/mol. The molecule has 0 fully saturated rings. The van der Waals surface area contributed by atoms with Gasteiger partial charge in [-0.2, -0.15) is 0 Å². The summed E-state index contributed by atoms with van der Waals surface area (Å²) < 4.78 is 39.3. The Hall–Kier alpha value is -2.41. The zero-order chi connectivity index (χ0) is 19.5. The van der Waals surface area contributed by atoms with Gasteiger partial charge in [0.1, 0.15) is 11.9 Å². The summed E-state index contributed by atoms with van der Waals surface area (Å²) in [5.41, 5.74) is 1.52. The summed E-state index contributed by atoms with van der Waals surface area (Å²) in [6, 6.07) is 11.7. The number of halogens is 1. The van der Waals surface area contributed by atoms with Gasteiger partial charge >= 0.3 is 0 Å². The van der Waals surface area contributed by atoms with Crippen molar-refractivity contribution in [3.63, 3.8) is 0 Å². The smallest absolute Gasteiger partial charge is 0.247 e. The van der Waals surface area contributed by atoms with E-state index in [2.05, 4.69) is 19.2 Å². The number of rotatable bonds is 6. The molecule has 0 aromatic heterocycles. The number of nitrogens with one attached hydrogen (secondary N) is 1. The minimum Gasteiger partial charge on any atom is -0.324 e. The first-order valence-electron chi connectivity index (χ1n) is 8.26. The molecule has 0 aliphatic heterocycles. The summed E-state index contributed by atoms with van der Waals surface area (Å²) in [7, 11) is -3.86. The molecule has 2 aromatic carbocycles. The molecule has 1 N–H and O–H groups in total. The van der Waals surface area contributed by atoms with Crippen LogP contribution in [-0.2, 0) is 14.8 Å². The van der Waals surface area contributed by atoms with Gasteiger partial charge in [0.2, 0.25) is 15.9 Å². The number of sulfonamides is 1. The molecule has 0 radical (unpaired) electrons. The fourth-order valence-corrected chi connectivity index (χ4v) is 3.79. The van der Waals surface area contributed by atoms with Gasteiger partial charge in [0.15, 0.2) is 0 Å². The van der Waals surface area contributed by atoms with E-state index in [-0.39, 0.29) is 5.69 Å². The predicted molar refractivity (Wildman–Crippen MR) is 102 cm³/mol. The Morgan fingerprint density at radius 1 is 1.04 bits per heavy atom. The van der Waals surface area contributed by atoms with Crippen molar-refractivity contribution in [2.75, 3.05) is 15.9 Å². The third kappa shape index (κ3) is 4.60. The molecular formula is C19H23FN2O3S. The Kier molecular flexibility index (Phi) is 6.02. The molecule has 5 nitrogen and oxygen atoms in total. The SMILES string of the molecule is CC(C)c1ccc(NC(=O)C(C)N(c2ccccc2F)S(C)(=O)=O)cc1. The Bertz CT molecular complexity index is 880. The minimum absolute atomic E-state index is 0.159. The van der Waals surface area contributed by atoms with Crippen molar-refractivity contribution in [3.8, 4) is 0 Å². The van der Waals surface area contributed by atoms with E-state index in [1.807, 2.05) is 12.1 Å². The number of amides is 1. The maximum absolute atomic E-state index is 14.1. The second-order valence-corrected chi connectivity index (χ2v) is 8.31. The molecule has 1 amide bonds. The summed E-state index contributed by atoms with van der Waals surface area (Å²) in [5, 5.41) is 2.68. The van der Waals surface area contributed by atoms with E-state index in [4.69, 9.17) is 0 Å². The van der Waals surface area contributed by atoms with Crippen LogP contribution in [0.1, 0.15) is 32.3 Å². The van der Waals surface area contributed by atoms with E-state index in [1.165, 1.54) is 25.1 Å². The topological polar surface area (TPSA) is 66.5 Å². The van der Waals surface area contributed by atoms with Crippen LogP contribution in [0.15, 0.2) is 48.5 Å². The van der Waals surface area contributed by atoms with Gasteiger partial charge in [-0.15, -0.1) is 0 Å². The maximum atomic E-state index is 14.1. The van der Waals surface area contributed by atoms with E-state index in [0.717, 1.165) is 22.2 Å². The lowest BCUT2D eigenvalue weighted by Crippen LogP contribution is -2.45.